The lowest BCUT2D eigenvalue weighted by molar-refractivity contribution is -0.142. The number of hydrogen-bond donors (Lipinski definition) is 0. The lowest BCUT2D eigenvalue weighted by atomic mass is 9.80. The SMILES string of the molecule is COCC1CCN(C(=O)C2(C#N)CCOCC2)C1. The average molecular weight is 252 g/mol. The molecule has 0 spiro atoms. The van der Waals surface area contributed by atoms with E-state index in [0.29, 0.717) is 38.6 Å². The van der Waals surface area contributed by atoms with Gasteiger partial charge in [-0.25, -0.2) is 0 Å². The van der Waals surface area contributed by atoms with Gasteiger partial charge in [0.05, 0.1) is 12.7 Å². The minimum atomic E-state index is -0.847. The molecule has 2 heterocycles. The highest BCUT2D eigenvalue weighted by Gasteiger charge is 2.44. The Morgan fingerprint density at radius 1 is 1.56 bits per heavy atom. The number of ether oxygens (including phenoxy) is 2. The fourth-order valence-corrected chi connectivity index (χ4v) is 2.78. The van der Waals surface area contributed by atoms with Crippen LogP contribution in [0, 0.1) is 22.7 Å². The Labute approximate surface area is 108 Å². The minimum Gasteiger partial charge on any atom is -0.384 e. The van der Waals surface area contributed by atoms with Gasteiger partial charge in [0.2, 0.25) is 5.91 Å². The molecule has 1 amide bonds. The fraction of sp³-hybridized carbons (Fsp3) is 0.846. The average Bonchev–Trinajstić information content (AvgIpc) is 2.87. The van der Waals surface area contributed by atoms with Crippen LogP contribution >= 0.6 is 0 Å². The summed E-state index contributed by atoms with van der Waals surface area (Å²) in [4.78, 5) is 14.3. The number of rotatable bonds is 3. The first-order chi connectivity index (χ1) is 8.72. The number of carbonyl (C=O) groups excluding carboxylic acids is 1. The van der Waals surface area contributed by atoms with E-state index in [1.54, 1.807) is 7.11 Å². The largest absolute Gasteiger partial charge is 0.384 e. The minimum absolute atomic E-state index is 0.00750. The number of hydrogen-bond acceptors (Lipinski definition) is 4. The lowest BCUT2D eigenvalue weighted by Gasteiger charge is -2.33. The van der Waals surface area contributed by atoms with Crippen molar-refractivity contribution >= 4 is 5.91 Å². The van der Waals surface area contributed by atoms with Crippen molar-refractivity contribution in [1.82, 2.24) is 4.90 Å². The highest BCUT2D eigenvalue weighted by atomic mass is 16.5. The van der Waals surface area contributed by atoms with Gasteiger partial charge in [-0.05, 0) is 19.3 Å². The number of likely N-dealkylation sites (tertiary alicyclic amines) is 1. The van der Waals surface area contributed by atoms with E-state index < -0.39 is 5.41 Å². The molecule has 18 heavy (non-hydrogen) atoms. The normalized spacial score (nSPS) is 26.9. The van der Waals surface area contributed by atoms with Gasteiger partial charge in [-0.2, -0.15) is 5.26 Å². The summed E-state index contributed by atoms with van der Waals surface area (Å²) in [5, 5.41) is 9.36. The molecule has 1 unspecified atom stereocenters. The van der Waals surface area contributed by atoms with Gasteiger partial charge >= 0.3 is 0 Å². The topological polar surface area (TPSA) is 62.6 Å². The quantitative estimate of drug-likeness (QED) is 0.745. The van der Waals surface area contributed by atoms with Crippen LogP contribution in [0.25, 0.3) is 0 Å². The van der Waals surface area contributed by atoms with Crippen LogP contribution < -0.4 is 0 Å². The summed E-state index contributed by atoms with van der Waals surface area (Å²) < 4.78 is 10.4. The maximum Gasteiger partial charge on any atom is 0.243 e. The maximum absolute atomic E-state index is 12.5. The van der Waals surface area contributed by atoms with E-state index in [1.165, 1.54) is 0 Å². The second kappa shape index (κ2) is 5.68. The van der Waals surface area contributed by atoms with Crippen LogP contribution in [0.3, 0.4) is 0 Å². The summed E-state index contributed by atoms with van der Waals surface area (Å²) in [5.41, 5.74) is -0.847. The Hall–Kier alpha value is -1.12. The van der Waals surface area contributed by atoms with Gasteiger partial charge in [-0.15, -0.1) is 0 Å². The second-order valence-electron chi connectivity index (χ2n) is 5.17. The lowest BCUT2D eigenvalue weighted by Crippen LogP contribution is -2.45. The zero-order chi connectivity index (χ0) is 13.0. The maximum atomic E-state index is 12.5. The summed E-state index contributed by atoms with van der Waals surface area (Å²) in [5.74, 6) is 0.404. The molecule has 0 N–H and O–H groups in total. The van der Waals surface area contributed by atoms with Crippen molar-refractivity contribution in [3.05, 3.63) is 0 Å². The predicted octanol–water partition coefficient (Wildman–Crippen LogP) is 0.802. The molecule has 0 radical (unpaired) electrons. The van der Waals surface area contributed by atoms with Gasteiger partial charge in [0, 0.05) is 39.3 Å². The molecular formula is C13H20N2O3. The predicted molar refractivity (Wildman–Crippen MR) is 64.7 cm³/mol. The number of nitrogens with zero attached hydrogens (tertiary/aromatic N) is 2. The van der Waals surface area contributed by atoms with Crippen LogP contribution in [0.15, 0.2) is 0 Å². The molecule has 0 aromatic rings. The molecule has 2 rings (SSSR count). The fourth-order valence-electron chi connectivity index (χ4n) is 2.78. The van der Waals surface area contributed by atoms with Crippen molar-refractivity contribution in [2.45, 2.75) is 19.3 Å². The third kappa shape index (κ3) is 2.50. The monoisotopic (exact) mass is 252 g/mol. The van der Waals surface area contributed by atoms with Gasteiger partial charge in [0.25, 0.3) is 0 Å². The summed E-state index contributed by atoms with van der Waals surface area (Å²) >= 11 is 0. The first-order valence-electron chi connectivity index (χ1n) is 6.49. The summed E-state index contributed by atoms with van der Waals surface area (Å²) in [6, 6.07) is 2.24. The molecule has 0 aromatic heterocycles. The number of amides is 1. The van der Waals surface area contributed by atoms with Crippen LogP contribution in [0.5, 0.6) is 0 Å². The van der Waals surface area contributed by atoms with Crippen molar-refractivity contribution < 1.29 is 14.3 Å². The zero-order valence-corrected chi connectivity index (χ0v) is 10.9. The molecule has 0 aromatic carbocycles. The number of methoxy groups -OCH3 is 1. The van der Waals surface area contributed by atoms with E-state index in [0.717, 1.165) is 19.5 Å². The zero-order valence-electron chi connectivity index (χ0n) is 10.9. The third-order valence-electron chi connectivity index (χ3n) is 3.95. The Morgan fingerprint density at radius 2 is 2.28 bits per heavy atom. The molecule has 100 valence electrons. The van der Waals surface area contributed by atoms with Crippen molar-refractivity contribution in [2.24, 2.45) is 11.3 Å². The van der Waals surface area contributed by atoms with Crippen LogP contribution in [-0.4, -0.2) is 50.8 Å². The molecule has 2 aliphatic rings. The van der Waals surface area contributed by atoms with Crippen molar-refractivity contribution in [3.63, 3.8) is 0 Å². The van der Waals surface area contributed by atoms with Gasteiger partial charge in [0.1, 0.15) is 5.41 Å². The molecule has 0 aliphatic carbocycles. The molecule has 5 heteroatoms. The van der Waals surface area contributed by atoms with Crippen molar-refractivity contribution in [1.29, 1.82) is 5.26 Å². The molecule has 2 fully saturated rings. The molecule has 5 nitrogen and oxygen atoms in total. The van der Waals surface area contributed by atoms with E-state index in [9.17, 15) is 10.1 Å². The van der Waals surface area contributed by atoms with Crippen molar-refractivity contribution in [2.75, 3.05) is 40.0 Å². The summed E-state index contributed by atoms with van der Waals surface area (Å²) in [6.07, 6.45) is 2.01. The summed E-state index contributed by atoms with van der Waals surface area (Å²) in [7, 11) is 1.68. The Bertz CT molecular complexity index is 345. The first kappa shape index (κ1) is 13.3. The van der Waals surface area contributed by atoms with Crippen LogP contribution in [0.2, 0.25) is 0 Å². The molecule has 0 saturated carbocycles. The molecule has 2 saturated heterocycles. The molecule has 0 bridgehead atoms. The number of nitriles is 1. The van der Waals surface area contributed by atoms with Crippen LogP contribution in [0.1, 0.15) is 19.3 Å². The van der Waals surface area contributed by atoms with Crippen LogP contribution in [-0.2, 0) is 14.3 Å². The van der Waals surface area contributed by atoms with E-state index >= 15 is 0 Å². The highest BCUT2D eigenvalue weighted by Crippen LogP contribution is 2.33. The van der Waals surface area contributed by atoms with Gasteiger partial charge in [-0.1, -0.05) is 0 Å². The smallest absolute Gasteiger partial charge is 0.243 e. The Kier molecular flexibility index (Phi) is 4.20. The van der Waals surface area contributed by atoms with E-state index in [4.69, 9.17) is 9.47 Å². The Balaban J connectivity index is 2.00. The van der Waals surface area contributed by atoms with Gasteiger partial charge in [-0.3, -0.25) is 4.79 Å². The van der Waals surface area contributed by atoms with Crippen LogP contribution in [0.4, 0.5) is 0 Å². The Morgan fingerprint density at radius 3 is 2.89 bits per heavy atom. The van der Waals surface area contributed by atoms with E-state index in [-0.39, 0.29) is 5.91 Å². The second-order valence-corrected chi connectivity index (χ2v) is 5.17. The number of carbonyl (C=O) groups is 1. The molecular weight excluding hydrogens is 232 g/mol. The van der Waals surface area contributed by atoms with E-state index in [2.05, 4.69) is 6.07 Å². The van der Waals surface area contributed by atoms with E-state index in [1.807, 2.05) is 4.90 Å². The highest BCUT2D eigenvalue weighted by molar-refractivity contribution is 5.85. The third-order valence-corrected chi connectivity index (χ3v) is 3.95. The standard InChI is InChI=1S/C13H20N2O3/c1-17-9-11-2-5-15(8-11)12(16)13(10-14)3-6-18-7-4-13/h11H,2-9H2,1H3. The summed E-state index contributed by atoms with van der Waals surface area (Å²) in [6.45, 7) is 3.17. The van der Waals surface area contributed by atoms with Gasteiger partial charge < -0.3 is 14.4 Å². The first-order valence-corrected chi connectivity index (χ1v) is 6.49. The van der Waals surface area contributed by atoms with Crippen molar-refractivity contribution in [3.8, 4) is 6.07 Å². The molecule has 1 atom stereocenters. The molecule has 2 aliphatic heterocycles. The van der Waals surface area contributed by atoms with Gasteiger partial charge in [0.15, 0.2) is 0 Å².